The standard InChI is InChI=1S/C14H22N2O.C2H6/c1-3-5-12-16(11-4-2)14(17)15-13-9-7-6-8-10-13;1-2/h6-10H,3-5,11-12H2,1-2H3,(H,15,17);1-2H3. The fourth-order valence-corrected chi connectivity index (χ4v) is 1.66. The Morgan fingerprint density at radius 2 is 1.68 bits per heavy atom. The zero-order valence-electron chi connectivity index (χ0n) is 12.8. The molecule has 3 heteroatoms. The van der Waals surface area contributed by atoms with Crippen molar-refractivity contribution in [3.8, 4) is 0 Å². The van der Waals surface area contributed by atoms with Gasteiger partial charge in [-0.1, -0.05) is 52.3 Å². The average molecular weight is 264 g/mol. The van der Waals surface area contributed by atoms with Gasteiger partial charge in [0.2, 0.25) is 0 Å². The highest BCUT2D eigenvalue weighted by molar-refractivity contribution is 5.89. The first-order valence-corrected chi connectivity index (χ1v) is 7.39. The fraction of sp³-hybridized carbons (Fsp3) is 0.562. The van der Waals surface area contributed by atoms with Crippen LogP contribution in [0.3, 0.4) is 0 Å². The lowest BCUT2D eigenvalue weighted by molar-refractivity contribution is 0.211. The summed E-state index contributed by atoms with van der Waals surface area (Å²) in [6.45, 7) is 9.88. The zero-order chi connectivity index (χ0) is 14.5. The predicted octanol–water partition coefficient (Wildman–Crippen LogP) is 4.76. The van der Waals surface area contributed by atoms with E-state index in [4.69, 9.17) is 0 Å². The van der Waals surface area contributed by atoms with E-state index < -0.39 is 0 Å². The Kier molecular flexibility index (Phi) is 10.7. The van der Waals surface area contributed by atoms with E-state index >= 15 is 0 Å². The van der Waals surface area contributed by atoms with Gasteiger partial charge < -0.3 is 10.2 Å². The van der Waals surface area contributed by atoms with Crippen LogP contribution in [0.2, 0.25) is 0 Å². The maximum atomic E-state index is 12.0. The van der Waals surface area contributed by atoms with Crippen molar-refractivity contribution in [3.63, 3.8) is 0 Å². The SMILES string of the molecule is CC.CCCCN(CCC)C(=O)Nc1ccccc1. The highest BCUT2D eigenvalue weighted by Gasteiger charge is 2.11. The summed E-state index contributed by atoms with van der Waals surface area (Å²) in [6, 6.07) is 9.60. The summed E-state index contributed by atoms with van der Waals surface area (Å²) in [4.78, 5) is 13.9. The minimum atomic E-state index is 0.00602. The van der Waals surface area contributed by atoms with Crippen molar-refractivity contribution >= 4 is 11.7 Å². The molecule has 0 atom stereocenters. The smallest absolute Gasteiger partial charge is 0.321 e. The average Bonchev–Trinajstić information content (AvgIpc) is 2.46. The number of anilines is 1. The van der Waals surface area contributed by atoms with E-state index in [1.165, 1.54) is 0 Å². The number of unbranched alkanes of at least 4 members (excludes halogenated alkanes) is 1. The molecular weight excluding hydrogens is 236 g/mol. The van der Waals surface area contributed by atoms with Crippen LogP contribution in [-0.4, -0.2) is 24.0 Å². The summed E-state index contributed by atoms with van der Waals surface area (Å²) >= 11 is 0. The Labute approximate surface area is 118 Å². The van der Waals surface area contributed by atoms with Crippen molar-refractivity contribution in [1.29, 1.82) is 0 Å². The van der Waals surface area contributed by atoms with Crippen molar-refractivity contribution in [2.24, 2.45) is 0 Å². The molecule has 0 aliphatic rings. The molecule has 0 saturated carbocycles. The van der Waals surface area contributed by atoms with Crippen LogP contribution in [0.5, 0.6) is 0 Å². The van der Waals surface area contributed by atoms with Crippen LogP contribution in [0.4, 0.5) is 10.5 Å². The molecule has 1 N–H and O–H groups in total. The quantitative estimate of drug-likeness (QED) is 0.789. The van der Waals surface area contributed by atoms with E-state index in [1.54, 1.807) is 0 Å². The number of amides is 2. The maximum Gasteiger partial charge on any atom is 0.321 e. The van der Waals surface area contributed by atoms with Gasteiger partial charge in [0.05, 0.1) is 0 Å². The first-order valence-electron chi connectivity index (χ1n) is 7.39. The highest BCUT2D eigenvalue weighted by atomic mass is 16.2. The largest absolute Gasteiger partial charge is 0.325 e. The molecule has 108 valence electrons. The van der Waals surface area contributed by atoms with Crippen LogP contribution >= 0.6 is 0 Å². The molecule has 0 aliphatic heterocycles. The molecular formula is C16H28N2O. The number of urea groups is 1. The van der Waals surface area contributed by atoms with Crippen LogP contribution in [0, 0.1) is 0 Å². The van der Waals surface area contributed by atoms with Crippen LogP contribution in [0.15, 0.2) is 30.3 Å². The van der Waals surface area contributed by atoms with Gasteiger partial charge >= 0.3 is 6.03 Å². The normalized spacial score (nSPS) is 9.26. The molecule has 3 nitrogen and oxygen atoms in total. The van der Waals surface area contributed by atoms with Gasteiger partial charge in [-0.25, -0.2) is 4.79 Å². The predicted molar refractivity (Wildman–Crippen MR) is 83.6 cm³/mol. The molecule has 0 saturated heterocycles. The Morgan fingerprint density at radius 3 is 2.21 bits per heavy atom. The van der Waals surface area contributed by atoms with E-state index in [-0.39, 0.29) is 6.03 Å². The molecule has 0 unspecified atom stereocenters. The molecule has 0 aromatic heterocycles. The van der Waals surface area contributed by atoms with E-state index in [9.17, 15) is 4.79 Å². The third-order valence-electron chi connectivity index (χ3n) is 2.59. The summed E-state index contributed by atoms with van der Waals surface area (Å²) < 4.78 is 0. The van der Waals surface area contributed by atoms with Gasteiger partial charge in [0.1, 0.15) is 0 Å². The van der Waals surface area contributed by atoms with E-state index in [0.29, 0.717) is 0 Å². The second kappa shape index (κ2) is 11.6. The van der Waals surface area contributed by atoms with E-state index in [0.717, 1.165) is 38.0 Å². The summed E-state index contributed by atoms with van der Waals surface area (Å²) in [7, 11) is 0. The van der Waals surface area contributed by atoms with Crippen LogP contribution in [-0.2, 0) is 0 Å². The number of carbonyl (C=O) groups excluding carboxylic acids is 1. The number of carbonyl (C=O) groups is 1. The Morgan fingerprint density at radius 1 is 1.05 bits per heavy atom. The molecule has 1 aromatic carbocycles. The van der Waals surface area contributed by atoms with Crippen LogP contribution in [0.25, 0.3) is 0 Å². The van der Waals surface area contributed by atoms with Crippen LogP contribution < -0.4 is 5.32 Å². The summed E-state index contributed by atoms with van der Waals surface area (Å²) in [5.74, 6) is 0. The first kappa shape index (κ1) is 17.5. The fourth-order valence-electron chi connectivity index (χ4n) is 1.66. The topological polar surface area (TPSA) is 32.3 Å². The minimum Gasteiger partial charge on any atom is -0.325 e. The molecule has 1 aromatic rings. The van der Waals surface area contributed by atoms with Crippen molar-refractivity contribution in [3.05, 3.63) is 30.3 Å². The van der Waals surface area contributed by atoms with Crippen molar-refractivity contribution in [1.82, 2.24) is 4.90 Å². The number of nitrogens with zero attached hydrogens (tertiary/aromatic N) is 1. The van der Waals surface area contributed by atoms with Gasteiger partial charge in [-0.15, -0.1) is 0 Å². The third kappa shape index (κ3) is 7.50. The van der Waals surface area contributed by atoms with Gasteiger partial charge in [-0.3, -0.25) is 0 Å². The maximum absolute atomic E-state index is 12.0. The molecule has 0 aliphatic carbocycles. The van der Waals surface area contributed by atoms with Gasteiger partial charge in [0, 0.05) is 18.8 Å². The monoisotopic (exact) mass is 264 g/mol. The van der Waals surface area contributed by atoms with Crippen molar-refractivity contribution < 1.29 is 4.79 Å². The van der Waals surface area contributed by atoms with Gasteiger partial charge in [-0.2, -0.15) is 0 Å². The van der Waals surface area contributed by atoms with Crippen LogP contribution in [0.1, 0.15) is 47.0 Å². The molecule has 19 heavy (non-hydrogen) atoms. The van der Waals surface area contributed by atoms with Crippen molar-refractivity contribution in [2.75, 3.05) is 18.4 Å². The number of para-hydroxylation sites is 1. The number of rotatable bonds is 6. The Bertz CT molecular complexity index is 325. The zero-order valence-corrected chi connectivity index (χ0v) is 12.8. The summed E-state index contributed by atoms with van der Waals surface area (Å²) in [6.07, 6.45) is 3.16. The van der Waals surface area contributed by atoms with E-state index in [1.807, 2.05) is 49.1 Å². The number of hydrogen-bond acceptors (Lipinski definition) is 1. The lowest BCUT2D eigenvalue weighted by Gasteiger charge is -2.22. The summed E-state index contributed by atoms with van der Waals surface area (Å²) in [5, 5.41) is 2.92. The summed E-state index contributed by atoms with van der Waals surface area (Å²) in [5.41, 5.74) is 0.857. The second-order valence-electron chi connectivity index (χ2n) is 4.14. The molecule has 2 amide bonds. The second-order valence-corrected chi connectivity index (χ2v) is 4.14. The lowest BCUT2D eigenvalue weighted by atomic mass is 10.3. The molecule has 0 heterocycles. The molecule has 0 spiro atoms. The minimum absolute atomic E-state index is 0.00602. The molecule has 0 bridgehead atoms. The molecule has 0 fully saturated rings. The van der Waals surface area contributed by atoms with Gasteiger partial charge in [0.25, 0.3) is 0 Å². The third-order valence-corrected chi connectivity index (χ3v) is 2.59. The van der Waals surface area contributed by atoms with Gasteiger partial charge in [-0.05, 0) is 25.0 Å². The number of hydrogen-bond donors (Lipinski definition) is 1. The Hall–Kier alpha value is -1.51. The number of nitrogens with one attached hydrogen (secondary N) is 1. The molecule has 0 radical (unpaired) electrons. The van der Waals surface area contributed by atoms with Crippen molar-refractivity contribution in [2.45, 2.75) is 47.0 Å². The highest BCUT2D eigenvalue weighted by Crippen LogP contribution is 2.07. The lowest BCUT2D eigenvalue weighted by Crippen LogP contribution is -2.36. The van der Waals surface area contributed by atoms with Gasteiger partial charge in [0.15, 0.2) is 0 Å². The van der Waals surface area contributed by atoms with E-state index in [2.05, 4.69) is 19.2 Å². The Balaban J connectivity index is 0.00000154. The first-order chi connectivity index (χ1) is 9.27. The number of benzene rings is 1. The molecule has 1 rings (SSSR count).